The van der Waals surface area contributed by atoms with Gasteiger partial charge < -0.3 is 106 Å². The van der Waals surface area contributed by atoms with Gasteiger partial charge in [-0.05, 0) is 434 Å². The molecular weight excluding hydrogens is 1700 g/mol. The summed E-state index contributed by atoms with van der Waals surface area (Å²) in [5.74, 6) is 4.45. The number of carbonyl (C=O) groups is 7. The van der Waals surface area contributed by atoms with Gasteiger partial charge in [0.25, 0.3) is 6.43 Å². The summed E-state index contributed by atoms with van der Waals surface area (Å²) in [6.45, 7) is 25.9. The Balaban J connectivity index is 0.000000149. The van der Waals surface area contributed by atoms with E-state index in [4.69, 9.17) is 0 Å². The Labute approximate surface area is 789 Å². The first-order valence-corrected chi connectivity index (χ1v) is 52.4. The van der Waals surface area contributed by atoms with Gasteiger partial charge in [-0.2, -0.15) is 13.2 Å². The summed E-state index contributed by atoms with van der Waals surface area (Å²) in [5, 5.41) is 19.7. The van der Waals surface area contributed by atoms with Crippen molar-refractivity contribution in [2.45, 2.75) is 330 Å². The summed E-state index contributed by atoms with van der Waals surface area (Å²) in [4.78, 5) is 116. The molecule has 14 heterocycles. The largest absolute Gasteiger partial charge is 0.405 e. The maximum Gasteiger partial charge on any atom is 0.405 e. The van der Waals surface area contributed by atoms with Crippen molar-refractivity contribution in [1.29, 1.82) is 0 Å². The van der Waals surface area contributed by atoms with E-state index in [9.17, 15) is 59.9 Å². The molecule has 132 heavy (non-hydrogen) atoms. The summed E-state index contributed by atoms with van der Waals surface area (Å²) < 4.78 is 72.8. The second-order valence-electron chi connectivity index (χ2n) is 43.3. The first-order chi connectivity index (χ1) is 63.3. The highest BCUT2D eigenvalue weighted by Gasteiger charge is 2.46. The second kappa shape index (κ2) is 52.8. The number of urea groups is 7. The third-order valence-electron chi connectivity index (χ3n) is 32.9. The van der Waals surface area contributed by atoms with Crippen molar-refractivity contribution in [2.24, 2.45) is 41.4 Å². The molecule has 0 spiro atoms. The zero-order chi connectivity index (χ0) is 94.6. The maximum atomic E-state index is 12.6. The molecule has 0 bridgehead atoms. The molecule has 14 aliphatic heterocycles. The van der Waals surface area contributed by atoms with Crippen LogP contribution in [0.4, 0.5) is 59.9 Å². The van der Waals surface area contributed by atoms with Crippen LogP contribution in [-0.2, 0) is 0 Å². The lowest BCUT2D eigenvalue weighted by atomic mass is 9.78. The molecule has 3 aliphatic carbocycles. The fourth-order valence-electron chi connectivity index (χ4n) is 24.2. The highest BCUT2D eigenvalue weighted by atomic mass is 19.4. The average Bonchev–Trinajstić information content (AvgIpc) is 1.59. The van der Waals surface area contributed by atoms with Crippen LogP contribution >= 0.6 is 0 Å². The second-order valence-corrected chi connectivity index (χ2v) is 43.3. The molecule has 0 radical (unpaired) electrons. The van der Waals surface area contributed by atoms with E-state index in [1.807, 2.05) is 24.1 Å². The van der Waals surface area contributed by atoms with Crippen LogP contribution < -0.4 is 37.2 Å². The molecule has 0 aromatic carbocycles. The average molecular weight is 1880 g/mol. The molecule has 7 atom stereocenters. The van der Waals surface area contributed by atoms with Crippen molar-refractivity contribution in [3.8, 4) is 0 Å². The Kier molecular flexibility index (Phi) is 42.7. The van der Waals surface area contributed by atoms with E-state index in [0.29, 0.717) is 85.0 Å². The molecule has 28 nitrogen and oxygen atoms in total. The number of hydrogen-bond acceptors (Lipinski definition) is 14. The first-order valence-electron chi connectivity index (χ1n) is 52.4. The highest BCUT2D eigenvalue weighted by molar-refractivity contribution is 5.78. The third-order valence-corrected chi connectivity index (χ3v) is 32.9. The molecular formula is C98H177F6N21O7. The van der Waals surface area contributed by atoms with Gasteiger partial charge in [0.2, 0.25) is 0 Å². The van der Waals surface area contributed by atoms with E-state index >= 15 is 0 Å². The molecule has 0 aromatic rings. The van der Waals surface area contributed by atoms with Crippen molar-refractivity contribution < 1.29 is 59.9 Å². The van der Waals surface area contributed by atoms with Crippen LogP contribution in [-0.4, -0.2) is 402 Å². The normalized spacial score (nSPS) is 28.3. The van der Waals surface area contributed by atoms with Gasteiger partial charge >= 0.3 is 48.4 Å². The lowest BCUT2D eigenvalue weighted by molar-refractivity contribution is -0.123. The molecule has 0 unspecified atom stereocenters. The van der Waals surface area contributed by atoms with Gasteiger partial charge in [0.15, 0.2) is 0 Å². The van der Waals surface area contributed by atoms with Crippen LogP contribution in [0.2, 0.25) is 0 Å². The zero-order valence-corrected chi connectivity index (χ0v) is 82.9. The summed E-state index contributed by atoms with van der Waals surface area (Å²) in [7, 11) is 15.1. The monoisotopic (exact) mass is 1870 g/mol. The summed E-state index contributed by atoms with van der Waals surface area (Å²) in [6, 6.07) is 3.71. The molecule has 3 saturated carbocycles. The van der Waals surface area contributed by atoms with E-state index in [-0.39, 0.29) is 66.4 Å². The minimum atomic E-state index is -4.35. The maximum absolute atomic E-state index is 12.6. The van der Waals surface area contributed by atoms with Gasteiger partial charge in [0.1, 0.15) is 13.2 Å². The summed E-state index contributed by atoms with van der Waals surface area (Å²) >= 11 is 0. The zero-order valence-electron chi connectivity index (χ0n) is 82.9. The van der Waals surface area contributed by atoms with Crippen molar-refractivity contribution >= 4 is 42.2 Å². The Hall–Kier alpha value is -5.81. The van der Waals surface area contributed by atoms with Crippen LogP contribution in [0.15, 0.2) is 0 Å². The van der Waals surface area contributed by atoms with Crippen LogP contribution in [0.3, 0.4) is 0 Å². The fraction of sp³-hybridized carbons (Fsp3) is 0.929. The van der Waals surface area contributed by atoms with Gasteiger partial charge in [0, 0.05) is 118 Å². The number of amides is 14. The van der Waals surface area contributed by atoms with Gasteiger partial charge in [-0.15, -0.1) is 0 Å². The van der Waals surface area contributed by atoms with Crippen LogP contribution in [0.5, 0.6) is 0 Å². The Morgan fingerprint density at radius 2 is 0.561 bits per heavy atom. The van der Waals surface area contributed by atoms with Crippen LogP contribution in [0, 0.1) is 41.4 Å². The quantitative estimate of drug-likeness (QED) is 0.0711. The summed E-state index contributed by atoms with van der Waals surface area (Å²) in [5.41, 5.74) is 0.0804. The molecule has 34 heteroatoms. The van der Waals surface area contributed by atoms with E-state index in [2.05, 4.69) is 142 Å². The Morgan fingerprint density at radius 1 is 0.311 bits per heavy atom. The van der Waals surface area contributed by atoms with E-state index in [1.54, 1.807) is 9.80 Å². The number of hydrogen-bond donors (Lipinski definition) is 7. The number of piperidine rings is 7. The molecule has 14 amide bonds. The van der Waals surface area contributed by atoms with Crippen molar-refractivity contribution in [3.63, 3.8) is 0 Å². The van der Waals surface area contributed by atoms with Crippen molar-refractivity contribution in [1.82, 2.24) is 106 Å². The standard InChI is InChI=1S/C16H29N3O.C15H27N3O.C14H25N3O.C14H27N3O.C13H22F3N3O.C13H23F2N3O.C13H24FN3O/c1-16(8-4-9-16)17-15(20)19-10-3-5-14(19)13-6-11-18(2)12-7-13;1-17-10-7-12(8-11-17)14-6-3-9-18(14)15(19)16-13-4-2-5-13;1-16-9-6-11(7-10-16)13-3-2-8-17(13)14(18)15-12-4-5-12;1-11(2)15-14(18)17-8-4-5-13(17)12-6-9-16(3)10-7-12;1-18-7-4-10(5-8-18)11-3-2-6-19(11)12(20)17-9-13(14,15)16;1-17-7-4-10(5-8-17)11-3-2-6-18(11)13(19)16-9-12(14)15;1-16-9-4-11(5-10-16)12-3-2-8-17(12)13(18)15-7-6-14/h13-14H,3-12H2,1-2H3,(H,17,20);12-14H,2-11H2,1H3,(H,16,19);11-13H,2-10H2,1H3,(H,15,18);11-13H,4-10H2,1-3H3,(H,15,18);10-11H,2-9H2,1H3,(H,17,20);10-12H,2-9H2,1H3,(H,16,19);11-12H,2-10H2,1H3,(H,15,18)/t2*14-;2*13-;2*11-;12-/m0000000/s1. The molecule has 7 N–H and O–H groups in total. The molecule has 758 valence electrons. The minimum absolute atomic E-state index is 0.0749. The first kappa shape index (κ1) is 107. The van der Waals surface area contributed by atoms with E-state index in [0.717, 1.165) is 161 Å². The highest BCUT2D eigenvalue weighted by Crippen LogP contribution is 2.40. The molecule has 17 rings (SSSR count). The Bertz CT molecular complexity index is 3380. The van der Waals surface area contributed by atoms with Gasteiger partial charge in [-0.25, -0.2) is 46.7 Å². The molecule has 17 aliphatic rings. The predicted molar refractivity (Wildman–Crippen MR) is 510 cm³/mol. The van der Waals surface area contributed by atoms with E-state index < -0.39 is 38.4 Å². The third kappa shape index (κ3) is 32.9. The van der Waals surface area contributed by atoms with Gasteiger partial charge in [0.05, 0.1) is 6.54 Å². The topological polar surface area (TPSA) is 249 Å². The SMILES string of the molecule is CC(C)NC(=O)N1CCC[C@H]1C1CCN(C)CC1.CN1CCC([C@@H]2CCCN2C(=O)NC2(C)CCC2)CC1.CN1CCC([C@@H]2CCCN2C(=O)NC2CC2)CC1.CN1CCC([C@@H]2CCCN2C(=O)NC2CCC2)CC1.CN1CCC([C@@H]2CCCN2C(=O)NCC(F)(F)F)CC1.CN1CCC([C@@H]2CCCN2C(=O)NCC(F)F)CC1.CN1CCC([C@@H]2CCCN2C(=O)NCCF)CC1. The summed E-state index contributed by atoms with van der Waals surface area (Å²) in [6.07, 6.45) is 34.9. The number of halogens is 6. The lowest BCUT2D eigenvalue weighted by Gasteiger charge is -2.42. The number of nitrogens with one attached hydrogen (secondary N) is 7. The number of nitrogens with zero attached hydrogens (tertiary/aromatic N) is 14. The fourth-order valence-corrected chi connectivity index (χ4v) is 24.2. The minimum Gasteiger partial charge on any atom is -0.336 e. The number of rotatable bonds is 16. The smallest absolute Gasteiger partial charge is 0.336 e. The van der Waals surface area contributed by atoms with Gasteiger partial charge in [-0.1, -0.05) is 0 Å². The number of carbonyl (C=O) groups excluding carboxylic acids is 7. The van der Waals surface area contributed by atoms with Gasteiger partial charge in [-0.3, -0.25) is 0 Å². The van der Waals surface area contributed by atoms with Crippen molar-refractivity contribution in [2.75, 3.05) is 213 Å². The predicted octanol–water partition coefficient (Wildman–Crippen LogP) is 13.4. The lowest BCUT2D eigenvalue weighted by Crippen LogP contribution is -2.57. The van der Waals surface area contributed by atoms with Crippen molar-refractivity contribution in [3.05, 3.63) is 0 Å². The van der Waals surface area contributed by atoms with Crippen LogP contribution in [0.25, 0.3) is 0 Å². The molecule has 0 aromatic heterocycles. The van der Waals surface area contributed by atoms with E-state index in [1.165, 1.54) is 206 Å². The molecule has 17 fully saturated rings. The van der Waals surface area contributed by atoms with Crippen LogP contribution in [0.1, 0.15) is 252 Å². The number of likely N-dealkylation sites (tertiary alicyclic amines) is 14. The number of alkyl halides is 6. The Morgan fingerprint density at radius 3 is 0.788 bits per heavy atom. The molecule has 14 saturated heterocycles.